The smallest absolute Gasteiger partial charge is 0.271 e. The minimum atomic E-state index is -0.449. The first kappa shape index (κ1) is 12.0. The number of benzene rings is 2. The number of nitrogens with one attached hydrogen (secondary N) is 1. The summed E-state index contributed by atoms with van der Waals surface area (Å²) >= 11 is 0. The van der Waals surface area contributed by atoms with E-state index in [9.17, 15) is 14.5 Å². The fourth-order valence-corrected chi connectivity index (χ4v) is 1.55. The second-order valence-electron chi connectivity index (χ2n) is 3.89. The maximum Gasteiger partial charge on any atom is 0.271 e. The van der Waals surface area contributed by atoms with Gasteiger partial charge in [0.2, 0.25) is 0 Å². The van der Waals surface area contributed by atoms with Crippen LogP contribution in [0.2, 0.25) is 0 Å². The highest BCUT2D eigenvalue weighted by Crippen LogP contribution is 2.25. The lowest BCUT2D eigenvalue weighted by Gasteiger charge is -2.09. The Labute approximate surface area is 103 Å². The Morgan fingerprint density at radius 3 is 2.44 bits per heavy atom. The molecule has 0 unspecified atom stereocenters. The zero-order valence-corrected chi connectivity index (χ0v) is 9.68. The van der Waals surface area contributed by atoms with Crippen LogP contribution in [0.4, 0.5) is 21.5 Å². The van der Waals surface area contributed by atoms with Crippen LogP contribution in [0.25, 0.3) is 0 Å². The molecule has 0 amide bonds. The van der Waals surface area contributed by atoms with Crippen molar-refractivity contribution in [2.24, 2.45) is 0 Å². The van der Waals surface area contributed by atoms with Gasteiger partial charge in [0, 0.05) is 23.5 Å². The molecule has 92 valence electrons. The molecule has 2 aromatic carbocycles. The molecule has 18 heavy (non-hydrogen) atoms. The molecule has 0 aromatic heterocycles. The van der Waals surface area contributed by atoms with Gasteiger partial charge in [-0.1, -0.05) is 6.07 Å². The Kier molecular flexibility index (Phi) is 3.23. The van der Waals surface area contributed by atoms with Crippen molar-refractivity contribution in [2.45, 2.75) is 6.92 Å². The van der Waals surface area contributed by atoms with Crippen molar-refractivity contribution >= 4 is 17.1 Å². The predicted octanol–water partition coefficient (Wildman–Crippen LogP) is 3.79. The second kappa shape index (κ2) is 4.83. The Hall–Kier alpha value is -2.43. The topological polar surface area (TPSA) is 55.2 Å². The van der Waals surface area contributed by atoms with Crippen LogP contribution in [-0.4, -0.2) is 4.92 Å². The number of halogens is 1. The summed E-state index contributed by atoms with van der Waals surface area (Å²) in [4.78, 5) is 10.2. The van der Waals surface area contributed by atoms with E-state index in [1.54, 1.807) is 18.2 Å². The number of hydrogen-bond donors (Lipinski definition) is 1. The van der Waals surface area contributed by atoms with Gasteiger partial charge in [-0.3, -0.25) is 10.1 Å². The number of anilines is 2. The van der Waals surface area contributed by atoms with Gasteiger partial charge in [-0.2, -0.15) is 0 Å². The molecule has 0 aliphatic carbocycles. The maximum atomic E-state index is 12.8. The van der Waals surface area contributed by atoms with Gasteiger partial charge < -0.3 is 5.32 Å². The summed E-state index contributed by atoms with van der Waals surface area (Å²) < 4.78 is 12.8. The summed E-state index contributed by atoms with van der Waals surface area (Å²) in [6, 6.07) is 10.4. The van der Waals surface area contributed by atoms with Crippen molar-refractivity contribution in [3.63, 3.8) is 0 Å². The van der Waals surface area contributed by atoms with Crippen molar-refractivity contribution in [1.82, 2.24) is 0 Å². The summed E-state index contributed by atoms with van der Waals surface area (Å²) in [5.41, 5.74) is 2.21. The van der Waals surface area contributed by atoms with Crippen LogP contribution in [-0.2, 0) is 0 Å². The molecule has 0 atom stereocenters. The lowest BCUT2D eigenvalue weighted by molar-refractivity contribution is -0.384. The van der Waals surface area contributed by atoms with Gasteiger partial charge in [-0.05, 0) is 36.8 Å². The van der Waals surface area contributed by atoms with E-state index in [1.807, 2.05) is 6.92 Å². The van der Waals surface area contributed by atoms with E-state index in [1.165, 1.54) is 24.3 Å². The first-order valence-corrected chi connectivity index (χ1v) is 5.34. The quantitative estimate of drug-likeness (QED) is 0.662. The van der Waals surface area contributed by atoms with Gasteiger partial charge in [0.15, 0.2) is 0 Å². The van der Waals surface area contributed by atoms with Crippen LogP contribution in [0.1, 0.15) is 5.56 Å². The van der Waals surface area contributed by atoms with Gasteiger partial charge in [-0.15, -0.1) is 0 Å². The van der Waals surface area contributed by atoms with Crippen molar-refractivity contribution in [3.8, 4) is 0 Å². The molecule has 0 radical (unpaired) electrons. The minimum absolute atomic E-state index is 0.0187. The number of rotatable bonds is 3. The monoisotopic (exact) mass is 246 g/mol. The van der Waals surface area contributed by atoms with Gasteiger partial charge in [0.25, 0.3) is 5.69 Å². The third kappa shape index (κ3) is 2.63. The molecule has 0 aliphatic heterocycles. The molecule has 0 saturated heterocycles. The number of nitro groups is 1. The molecule has 4 nitrogen and oxygen atoms in total. The van der Waals surface area contributed by atoms with E-state index in [-0.39, 0.29) is 11.5 Å². The van der Waals surface area contributed by atoms with Crippen LogP contribution >= 0.6 is 0 Å². The lowest BCUT2D eigenvalue weighted by Crippen LogP contribution is -1.95. The number of hydrogen-bond acceptors (Lipinski definition) is 3. The van der Waals surface area contributed by atoms with Crippen molar-refractivity contribution < 1.29 is 9.31 Å². The van der Waals surface area contributed by atoms with Crippen LogP contribution in [0.15, 0.2) is 42.5 Å². The summed E-state index contributed by atoms with van der Waals surface area (Å²) in [6.07, 6.45) is 0. The van der Waals surface area contributed by atoms with Gasteiger partial charge in [-0.25, -0.2) is 4.39 Å². The summed E-state index contributed by atoms with van der Waals surface area (Å²) in [5, 5.41) is 13.7. The zero-order valence-electron chi connectivity index (χ0n) is 9.68. The molecular formula is C13H11FN2O2. The third-order valence-corrected chi connectivity index (χ3v) is 2.56. The molecule has 0 heterocycles. The van der Waals surface area contributed by atoms with E-state index < -0.39 is 4.92 Å². The van der Waals surface area contributed by atoms with E-state index in [2.05, 4.69) is 5.32 Å². The molecule has 0 spiro atoms. The SMILES string of the molecule is Cc1ccc([N+](=O)[O-])cc1Nc1ccc(F)cc1. The standard InChI is InChI=1S/C13H11FN2O2/c1-9-2-7-12(16(17)18)8-13(9)15-11-5-3-10(14)4-6-11/h2-8,15H,1H3. The van der Waals surface area contributed by atoms with Crippen LogP contribution in [0.3, 0.4) is 0 Å². The molecule has 2 aromatic rings. The molecule has 0 saturated carbocycles. The number of aryl methyl sites for hydroxylation is 1. The molecule has 1 N–H and O–H groups in total. The van der Waals surface area contributed by atoms with Crippen molar-refractivity contribution in [3.05, 3.63) is 64.0 Å². The van der Waals surface area contributed by atoms with Crippen molar-refractivity contribution in [2.75, 3.05) is 5.32 Å². The van der Waals surface area contributed by atoms with Gasteiger partial charge in [0.05, 0.1) is 4.92 Å². The average Bonchev–Trinajstić information content (AvgIpc) is 2.34. The molecule has 0 bridgehead atoms. The van der Waals surface area contributed by atoms with Crippen LogP contribution in [0, 0.1) is 22.9 Å². The minimum Gasteiger partial charge on any atom is -0.355 e. The number of non-ortho nitro benzene ring substituents is 1. The Morgan fingerprint density at radius 1 is 1.17 bits per heavy atom. The highest BCUT2D eigenvalue weighted by atomic mass is 19.1. The average molecular weight is 246 g/mol. The lowest BCUT2D eigenvalue weighted by atomic mass is 10.1. The Bertz CT molecular complexity index is 582. The van der Waals surface area contributed by atoms with Crippen LogP contribution < -0.4 is 5.32 Å². The van der Waals surface area contributed by atoms with E-state index in [4.69, 9.17) is 0 Å². The first-order valence-electron chi connectivity index (χ1n) is 5.34. The highest BCUT2D eigenvalue weighted by molar-refractivity contribution is 5.65. The van der Waals surface area contributed by atoms with Gasteiger partial charge in [0.1, 0.15) is 5.82 Å². The normalized spacial score (nSPS) is 10.1. The fourth-order valence-electron chi connectivity index (χ4n) is 1.55. The Morgan fingerprint density at radius 2 is 1.83 bits per heavy atom. The summed E-state index contributed by atoms with van der Waals surface area (Å²) in [5.74, 6) is -0.323. The largest absolute Gasteiger partial charge is 0.355 e. The van der Waals surface area contributed by atoms with Gasteiger partial charge >= 0.3 is 0 Å². The fraction of sp³-hybridized carbons (Fsp3) is 0.0769. The molecular weight excluding hydrogens is 235 g/mol. The van der Waals surface area contributed by atoms with Crippen LogP contribution in [0.5, 0.6) is 0 Å². The molecule has 5 heteroatoms. The predicted molar refractivity (Wildman–Crippen MR) is 67.5 cm³/mol. The first-order chi connectivity index (χ1) is 8.56. The van der Waals surface area contributed by atoms with Crippen molar-refractivity contribution in [1.29, 1.82) is 0 Å². The maximum absolute atomic E-state index is 12.8. The Balaban J connectivity index is 2.30. The summed E-state index contributed by atoms with van der Waals surface area (Å²) in [7, 11) is 0. The molecule has 0 aliphatic rings. The van der Waals surface area contributed by atoms with E-state index >= 15 is 0 Å². The number of nitrogens with zero attached hydrogens (tertiary/aromatic N) is 1. The molecule has 0 fully saturated rings. The van der Waals surface area contributed by atoms with E-state index in [0.29, 0.717) is 11.4 Å². The molecule has 2 rings (SSSR count). The zero-order chi connectivity index (χ0) is 13.1. The van der Waals surface area contributed by atoms with E-state index in [0.717, 1.165) is 5.56 Å². The highest BCUT2D eigenvalue weighted by Gasteiger charge is 2.08. The second-order valence-corrected chi connectivity index (χ2v) is 3.89. The summed E-state index contributed by atoms with van der Waals surface area (Å²) in [6.45, 7) is 1.84. The number of nitro benzene ring substituents is 1. The third-order valence-electron chi connectivity index (χ3n) is 2.56.